The second-order valence-corrected chi connectivity index (χ2v) is 5.67. The molecule has 0 spiro atoms. The van der Waals surface area contributed by atoms with E-state index < -0.39 is 0 Å². The predicted octanol–water partition coefficient (Wildman–Crippen LogP) is 3.25. The van der Waals surface area contributed by atoms with Gasteiger partial charge in [-0.2, -0.15) is 0 Å². The summed E-state index contributed by atoms with van der Waals surface area (Å²) in [5, 5.41) is 3.14. The van der Waals surface area contributed by atoms with Crippen molar-refractivity contribution in [1.82, 2.24) is 14.9 Å². The van der Waals surface area contributed by atoms with E-state index in [9.17, 15) is 4.79 Å². The number of likely N-dealkylation sites (tertiary alicyclic amines) is 1. The van der Waals surface area contributed by atoms with Crippen LogP contribution in [0.2, 0.25) is 0 Å². The maximum Gasteiger partial charge on any atom is 0.272 e. The fourth-order valence-corrected chi connectivity index (χ4v) is 2.77. The first kappa shape index (κ1) is 16.2. The number of para-hydroxylation sites is 2. The largest absolute Gasteiger partial charge is 0.492 e. The molecule has 0 saturated carbocycles. The molecule has 2 aromatic rings. The Kier molecular flexibility index (Phi) is 5.25. The maximum atomic E-state index is 12.6. The minimum absolute atomic E-state index is 0.0294. The Labute approximate surface area is 141 Å². The summed E-state index contributed by atoms with van der Waals surface area (Å²) in [6.45, 7) is 4.12. The SMILES string of the molecule is CCOc1ccccc1Nc1nccc(C(=O)N2CCCCC2)n1. The highest BCUT2D eigenvalue weighted by atomic mass is 16.5. The Balaban J connectivity index is 1.77. The zero-order chi connectivity index (χ0) is 16.8. The van der Waals surface area contributed by atoms with Gasteiger partial charge in [-0.1, -0.05) is 12.1 Å². The van der Waals surface area contributed by atoms with Crippen molar-refractivity contribution in [3.05, 3.63) is 42.2 Å². The third-order valence-electron chi connectivity index (χ3n) is 3.95. The van der Waals surface area contributed by atoms with E-state index in [4.69, 9.17) is 4.74 Å². The van der Waals surface area contributed by atoms with Crippen molar-refractivity contribution in [1.29, 1.82) is 0 Å². The summed E-state index contributed by atoms with van der Waals surface area (Å²) in [5.41, 5.74) is 1.20. The smallest absolute Gasteiger partial charge is 0.272 e. The molecule has 24 heavy (non-hydrogen) atoms. The highest BCUT2D eigenvalue weighted by Crippen LogP contribution is 2.26. The summed E-state index contributed by atoms with van der Waals surface area (Å²) in [7, 11) is 0. The lowest BCUT2D eigenvalue weighted by Gasteiger charge is -2.26. The summed E-state index contributed by atoms with van der Waals surface area (Å²) in [6, 6.07) is 9.26. The van der Waals surface area contributed by atoms with Gasteiger partial charge in [-0.05, 0) is 44.4 Å². The molecule has 1 N–H and O–H groups in total. The van der Waals surface area contributed by atoms with E-state index in [0.29, 0.717) is 18.2 Å². The molecule has 1 amide bonds. The molecule has 2 heterocycles. The molecule has 6 nitrogen and oxygen atoms in total. The van der Waals surface area contributed by atoms with Crippen molar-refractivity contribution in [3.63, 3.8) is 0 Å². The van der Waals surface area contributed by atoms with Crippen molar-refractivity contribution in [3.8, 4) is 5.75 Å². The quantitative estimate of drug-likeness (QED) is 0.913. The third-order valence-corrected chi connectivity index (χ3v) is 3.95. The molecule has 0 bridgehead atoms. The van der Waals surface area contributed by atoms with Gasteiger partial charge in [0.1, 0.15) is 11.4 Å². The van der Waals surface area contributed by atoms with Crippen molar-refractivity contribution in [2.24, 2.45) is 0 Å². The van der Waals surface area contributed by atoms with Crippen LogP contribution in [0.4, 0.5) is 11.6 Å². The number of carbonyl (C=O) groups excluding carboxylic acids is 1. The van der Waals surface area contributed by atoms with Crippen LogP contribution >= 0.6 is 0 Å². The standard InChI is InChI=1S/C18H22N4O2/c1-2-24-16-9-5-4-8-14(16)20-18-19-11-10-15(21-18)17(23)22-12-6-3-7-13-22/h4-5,8-11H,2-3,6-7,12-13H2,1H3,(H,19,20,21). The van der Waals surface area contributed by atoms with E-state index in [2.05, 4.69) is 15.3 Å². The number of carbonyl (C=O) groups is 1. The van der Waals surface area contributed by atoms with Gasteiger partial charge < -0.3 is 15.0 Å². The lowest BCUT2D eigenvalue weighted by Crippen LogP contribution is -2.36. The van der Waals surface area contributed by atoms with E-state index in [1.54, 1.807) is 12.3 Å². The van der Waals surface area contributed by atoms with Gasteiger partial charge in [0.2, 0.25) is 5.95 Å². The van der Waals surface area contributed by atoms with E-state index in [-0.39, 0.29) is 5.91 Å². The summed E-state index contributed by atoms with van der Waals surface area (Å²) in [6.07, 6.45) is 4.91. The number of nitrogens with zero attached hydrogens (tertiary/aromatic N) is 3. The van der Waals surface area contributed by atoms with Crippen LogP contribution in [0.15, 0.2) is 36.5 Å². The number of hydrogen-bond acceptors (Lipinski definition) is 5. The molecular formula is C18H22N4O2. The van der Waals surface area contributed by atoms with Crippen LogP contribution in [-0.4, -0.2) is 40.5 Å². The number of anilines is 2. The summed E-state index contributed by atoms with van der Waals surface area (Å²) in [5.74, 6) is 1.10. The molecule has 1 fully saturated rings. The van der Waals surface area contributed by atoms with Gasteiger partial charge in [-0.15, -0.1) is 0 Å². The topological polar surface area (TPSA) is 67.3 Å². The van der Waals surface area contributed by atoms with Crippen LogP contribution in [0.3, 0.4) is 0 Å². The number of hydrogen-bond donors (Lipinski definition) is 1. The van der Waals surface area contributed by atoms with Crippen LogP contribution in [0.5, 0.6) is 5.75 Å². The Morgan fingerprint density at radius 1 is 1.21 bits per heavy atom. The highest BCUT2D eigenvalue weighted by molar-refractivity contribution is 5.92. The number of nitrogens with one attached hydrogen (secondary N) is 1. The molecule has 1 aromatic carbocycles. The monoisotopic (exact) mass is 326 g/mol. The number of benzene rings is 1. The zero-order valence-corrected chi connectivity index (χ0v) is 13.9. The summed E-state index contributed by atoms with van der Waals surface area (Å²) >= 11 is 0. The average Bonchev–Trinajstić information content (AvgIpc) is 2.64. The van der Waals surface area contributed by atoms with Crippen LogP contribution in [0, 0.1) is 0 Å². The lowest BCUT2D eigenvalue weighted by atomic mass is 10.1. The second kappa shape index (κ2) is 7.77. The van der Waals surface area contributed by atoms with E-state index in [0.717, 1.165) is 37.4 Å². The molecule has 3 rings (SSSR count). The minimum Gasteiger partial charge on any atom is -0.492 e. The van der Waals surface area contributed by atoms with Crippen molar-refractivity contribution in [2.75, 3.05) is 25.0 Å². The first-order chi connectivity index (χ1) is 11.8. The fraction of sp³-hybridized carbons (Fsp3) is 0.389. The van der Waals surface area contributed by atoms with Gasteiger partial charge in [0.05, 0.1) is 12.3 Å². The molecule has 126 valence electrons. The normalized spacial score (nSPS) is 14.3. The minimum atomic E-state index is -0.0294. The highest BCUT2D eigenvalue weighted by Gasteiger charge is 2.19. The Morgan fingerprint density at radius 2 is 2.00 bits per heavy atom. The zero-order valence-electron chi connectivity index (χ0n) is 13.9. The van der Waals surface area contributed by atoms with Gasteiger partial charge in [-0.3, -0.25) is 4.79 Å². The third kappa shape index (κ3) is 3.82. The first-order valence-corrected chi connectivity index (χ1v) is 8.39. The average molecular weight is 326 g/mol. The molecule has 0 radical (unpaired) electrons. The van der Waals surface area contributed by atoms with Gasteiger partial charge in [0, 0.05) is 19.3 Å². The maximum absolute atomic E-state index is 12.6. The lowest BCUT2D eigenvalue weighted by molar-refractivity contribution is 0.0718. The predicted molar refractivity (Wildman–Crippen MR) is 92.7 cm³/mol. The van der Waals surface area contributed by atoms with Crippen LogP contribution < -0.4 is 10.1 Å². The second-order valence-electron chi connectivity index (χ2n) is 5.67. The Bertz CT molecular complexity index is 699. The van der Waals surface area contributed by atoms with Crippen molar-refractivity contribution >= 4 is 17.5 Å². The molecule has 0 atom stereocenters. The summed E-state index contributed by atoms with van der Waals surface area (Å²) in [4.78, 5) is 23.0. The number of amides is 1. The van der Waals surface area contributed by atoms with E-state index >= 15 is 0 Å². The van der Waals surface area contributed by atoms with E-state index in [1.165, 1.54) is 6.42 Å². The molecule has 1 aliphatic heterocycles. The van der Waals surface area contributed by atoms with Crippen molar-refractivity contribution < 1.29 is 9.53 Å². The number of aromatic nitrogens is 2. The Morgan fingerprint density at radius 3 is 2.79 bits per heavy atom. The fourth-order valence-electron chi connectivity index (χ4n) is 2.77. The van der Waals surface area contributed by atoms with Gasteiger partial charge >= 0.3 is 0 Å². The summed E-state index contributed by atoms with van der Waals surface area (Å²) < 4.78 is 5.59. The molecule has 6 heteroatoms. The molecule has 1 aromatic heterocycles. The molecular weight excluding hydrogens is 304 g/mol. The Hall–Kier alpha value is -2.63. The molecule has 0 unspecified atom stereocenters. The number of ether oxygens (including phenoxy) is 1. The van der Waals surface area contributed by atoms with E-state index in [1.807, 2.05) is 36.1 Å². The number of piperidine rings is 1. The molecule has 1 aliphatic rings. The first-order valence-electron chi connectivity index (χ1n) is 8.39. The molecule has 1 saturated heterocycles. The van der Waals surface area contributed by atoms with Gasteiger partial charge in [0.15, 0.2) is 0 Å². The van der Waals surface area contributed by atoms with Crippen LogP contribution in [0.25, 0.3) is 0 Å². The van der Waals surface area contributed by atoms with Crippen LogP contribution in [0.1, 0.15) is 36.7 Å². The van der Waals surface area contributed by atoms with Crippen molar-refractivity contribution in [2.45, 2.75) is 26.2 Å². The van der Waals surface area contributed by atoms with Crippen LogP contribution in [-0.2, 0) is 0 Å². The molecule has 0 aliphatic carbocycles. The van der Waals surface area contributed by atoms with Gasteiger partial charge in [0.25, 0.3) is 5.91 Å². The van der Waals surface area contributed by atoms with Gasteiger partial charge in [-0.25, -0.2) is 9.97 Å². The number of rotatable bonds is 5.